The Hall–Kier alpha value is -1.40. The Balaban J connectivity index is 2.22. The van der Waals surface area contributed by atoms with Crippen LogP contribution >= 0.6 is 0 Å². The Labute approximate surface area is 111 Å². The minimum Gasteiger partial charge on any atom is -0.479 e. The maximum absolute atomic E-state index is 11.4. The van der Waals surface area contributed by atoms with E-state index in [9.17, 15) is 18.3 Å². The van der Waals surface area contributed by atoms with Crippen LogP contribution in [-0.4, -0.2) is 36.6 Å². The first-order chi connectivity index (χ1) is 8.73. The van der Waals surface area contributed by atoms with Gasteiger partial charge in [-0.25, -0.2) is 13.2 Å². The molecule has 2 rings (SSSR count). The van der Waals surface area contributed by atoms with Crippen molar-refractivity contribution in [3.05, 3.63) is 35.4 Å². The molecule has 1 aromatic carbocycles. The predicted octanol–water partition coefficient (Wildman–Crippen LogP) is 0.881. The van der Waals surface area contributed by atoms with Gasteiger partial charge in [0.1, 0.15) is 9.84 Å². The zero-order chi connectivity index (χ0) is 14.3. The zero-order valence-electron chi connectivity index (χ0n) is 10.5. The van der Waals surface area contributed by atoms with Crippen LogP contribution in [0.4, 0.5) is 0 Å². The molecular weight excluding hydrogens is 268 g/mol. The lowest BCUT2D eigenvalue weighted by atomic mass is 9.96. The highest BCUT2D eigenvalue weighted by atomic mass is 32.2. The van der Waals surface area contributed by atoms with E-state index in [-0.39, 0.29) is 11.2 Å². The van der Waals surface area contributed by atoms with Gasteiger partial charge < -0.3 is 10.2 Å². The van der Waals surface area contributed by atoms with Crippen molar-refractivity contribution in [3.8, 4) is 0 Å². The molecule has 1 aliphatic carbocycles. The van der Waals surface area contributed by atoms with E-state index in [4.69, 9.17) is 5.11 Å². The monoisotopic (exact) mass is 284 g/mol. The highest BCUT2D eigenvalue weighted by Crippen LogP contribution is 2.49. The third-order valence-corrected chi connectivity index (χ3v) is 4.54. The molecule has 2 N–H and O–H groups in total. The first kappa shape index (κ1) is 14.0. The van der Waals surface area contributed by atoms with Crippen molar-refractivity contribution in [1.29, 1.82) is 0 Å². The van der Waals surface area contributed by atoms with Crippen LogP contribution in [0.3, 0.4) is 0 Å². The van der Waals surface area contributed by atoms with Crippen LogP contribution in [0.2, 0.25) is 0 Å². The fraction of sp³-hybridized carbons (Fsp3) is 0.462. The Kier molecular flexibility index (Phi) is 3.40. The SMILES string of the molecule is CS(=O)(=O)CC1(c2ccc(C(O)C(=O)O)cc2)CC1. The van der Waals surface area contributed by atoms with Crippen molar-refractivity contribution < 1.29 is 23.4 Å². The van der Waals surface area contributed by atoms with E-state index in [0.717, 1.165) is 18.4 Å². The first-order valence-electron chi connectivity index (χ1n) is 5.93. The third kappa shape index (κ3) is 3.13. The second kappa shape index (κ2) is 4.61. The lowest BCUT2D eigenvalue weighted by Crippen LogP contribution is -2.20. The minimum absolute atomic E-state index is 0.112. The predicted molar refractivity (Wildman–Crippen MR) is 69.7 cm³/mol. The fourth-order valence-corrected chi connectivity index (χ4v) is 3.79. The van der Waals surface area contributed by atoms with Crippen LogP contribution in [0.5, 0.6) is 0 Å². The molecule has 0 amide bonds. The summed E-state index contributed by atoms with van der Waals surface area (Å²) in [6.07, 6.45) is 1.32. The highest BCUT2D eigenvalue weighted by Gasteiger charge is 2.46. The molecule has 19 heavy (non-hydrogen) atoms. The molecule has 0 aliphatic heterocycles. The number of carbonyl (C=O) groups is 1. The van der Waals surface area contributed by atoms with E-state index in [0.29, 0.717) is 5.56 Å². The molecule has 1 fully saturated rings. The van der Waals surface area contributed by atoms with Crippen molar-refractivity contribution in [1.82, 2.24) is 0 Å². The Bertz CT molecular complexity index is 584. The molecule has 6 heteroatoms. The number of hydrogen-bond acceptors (Lipinski definition) is 4. The summed E-state index contributed by atoms with van der Waals surface area (Å²) in [7, 11) is -3.05. The number of carboxylic acids is 1. The molecule has 0 spiro atoms. The molecule has 0 saturated heterocycles. The summed E-state index contributed by atoms with van der Waals surface area (Å²) in [6, 6.07) is 6.49. The number of aliphatic hydroxyl groups excluding tert-OH is 1. The Morgan fingerprint density at radius 1 is 1.32 bits per heavy atom. The largest absolute Gasteiger partial charge is 0.479 e. The normalized spacial score (nSPS) is 18.8. The maximum atomic E-state index is 11.4. The second-order valence-electron chi connectivity index (χ2n) is 5.21. The van der Waals surface area contributed by atoms with Crippen LogP contribution < -0.4 is 0 Å². The minimum atomic E-state index is -3.05. The molecule has 0 heterocycles. The number of benzene rings is 1. The number of rotatable bonds is 5. The average Bonchev–Trinajstić information content (AvgIpc) is 3.06. The van der Waals surface area contributed by atoms with E-state index >= 15 is 0 Å². The molecule has 1 aliphatic rings. The molecule has 0 radical (unpaired) electrons. The van der Waals surface area contributed by atoms with Gasteiger partial charge >= 0.3 is 5.97 Å². The van der Waals surface area contributed by atoms with Crippen LogP contribution in [0, 0.1) is 0 Å². The Morgan fingerprint density at radius 2 is 1.84 bits per heavy atom. The van der Waals surface area contributed by atoms with Crippen molar-refractivity contribution in [3.63, 3.8) is 0 Å². The van der Waals surface area contributed by atoms with Crippen LogP contribution in [0.1, 0.15) is 30.1 Å². The smallest absolute Gasteiger partial charge is 0.337 e. The summed E-state index contributed by atoms with van der Waals surface area (Å²) in [5.41, 5.74) is 0.867. The number of hydrogen-bond donors (Lipinski definition) is 2. The lowest BCUT2D eigenvalue weighted by molar-refractivity contribution is -0.146. The van der Waals surface area contributed by atoms with Gasteiger partial charge in [0.05, 0.1) is 5.75 Å². The zero-order valence-corrected chi connectivity index (χ0v) is 11.4. The van der Waals surface area contributed by atoms with Gasteiger partial charge in [0.2, 0.25) is 0 Å². The maximum Gasteiger partial charge on any atom is 0.337 e. The van der Waals surface area contributed by atoms with E-state index in [1.807, 2.05) is 0 Å². The van der Waals surface area contributed by atoms with Gasteiger partial charge in [-0.15, -0.1) is 0 Å². The van der Waals surface area contributed by atoms with Gasteiger partial charge in [-0.05, 0) is 24.0 Å². The molecular formula is C13H16O5S. The second-order valence-corrected chi connectivity index (χ2v) is 7.35. The van der Waals surface area contributed by atoms with E-state index < -0.39 is 21.9 Å². The summed E-state index contributed by atoms with van der Waals surface area (Å²) < 4.78 is 22.8. The number of aliphatic carboxylic acids is 1. The average molecular weight is 284 g/mol. The topological polar surface area (TPSA) is 91.7 Å². The molecule has 0 bridgehead atoms. The van der Waals surface area contributed by atoms with Crippen molar-refractivity contribution in [2.75, 3.05) is 12.0 Å². The van der Waals surface area contributed by atoms with Gasteiger partial charge in [-0.3, -0.25) is 0 Å². The Morgan fingerprint density at radius 3 is 2.21 bits per heavy atom. The van der Waals surface area contributed by atoms with E-state index in [1.165, 1.54) is 18.4 Å². The van der Waals surface area contributed by atoms with Crippen LogP contribution in [0.15, 0.2) is 24.3 Å². The highest BCUT2D eigenvalue weighted by molar-refractivity contribution is 7.90. The molecule has 1 unspecified atom stereocenters. The molecule has 5 nitrogen and oxygen atoms in total. The fourth-order valence-electron chi connectivity index (χ4n) is 2.33. The first-order valence-corrected chi connectivity index (χ1v) is 7.99. The summed E-state index contributed by atoms with van der Waals surface area (Å²) in [6.45, 7) is 0. The van der Waals surface area contributed by atoms with Crippen molar-refractivity contribution >= 4 is 15.8 Å². The van der Waals surface area contributed by atoms with Gasteiger partial charge in [-0.1, -0.05) is 24.3 Å². The van der Waals surface area contributed by atoms with Gasteiger partial charge in [0.15, 0.2) is 6.10 Å². The number of aliphatic hydroxyl groups is 1. The van der Waals surface area contributed by atoms with Crippen LogP contribution in [0.25, 0.3) is 0 Å². The number of sulfone groups is 1. The van der Waals surface area contributed by atoms with Gasteiger partial charge in [0.25, 0.3) is 0 Å². The van der Waals surface area contributed by atoms with E-state index in [1.54, 1.807) is 12.1 Å². The molecule has 1 aromatic rings. The standard InChI is InChI=1S/C13H16O5S/c1-19(17,18)8-13(6-7-13)10-4-2-9(3-5-10)11(14)12(15)16/h2-5,11,14H,6-8H2,1H3,(H,15,16). The molecule has 104 valence electrons. The van der Waals surface area contributed by atoms with Gasteiger partial charge in [-0.2, -0.15) is 0 Å². The summed E-state index contributed by atoms with van der Waals surface area (Å²) in [5.74, 6) is -1.19. The van der Waals surface area contributed by atoms with Crippen LogP contribution in [-0.2, 0) is 20.0 Å². The molecule has 0 aromatic heterocycles. The summed E-state index contributed by atoms with van der Waals surface area (Å²) in [5, 5.41) is 18.1. The van der Waals surface area contributed by atoms with E-state index in [2.05, 4.69) is 0 Å². The van der Waals surface area contributed by atoms with Crippen molar-refractivity contribution in [2.45, 2.75) is 24.4 Å². The summed E-state index contributed by atoms with van der Waals surface area (Å²) in [4.78, 5) is 10.7. The van der Waals surface area contributed by atoms with Crippen molar-refractivity contribution in [2.24, 2.45) is 0 Å². The molecule has 1 atom stereocenters. The number of carboxylic acid groups (broad SMARTS) is 1. The molecule has 1 saturated carbocycles. The lowest BCUT2D eigenvalue weighted by Gasteiger charge is -2.15. The summed E-state index contributed by atoms with van der Waals surface area (Å²) >= 11 is 0. The third-order valence-electron chi connectivity index (χ3n) is 3.46. The quantitative estimate of drug-likeness (QED) is 0.837. The van der Waals surface area contributed by atoms with Gasteiger partial charge in [0, 0.05) is 11.7 Å².